The van der Waals surface area contributed by atoms with Gasteiger partial charge in [-0.15, -0.1) is 0 Å². The van der Waals surface area contributed by atoms with Crippen molar-refractivity contribution >= 4 is 5.91 Å². The van der Waals surface area contributed by atoms with Crippen molar-refractivity contribution in [2.24, 2.45) is 0 Å². The maximum Gasteiger partial charge on any atom is 0.290 e. The summed E-state index contributed by atoms with van der Waals surface area (Å²) in [6, 6.07) is 3.39. The van der Waals surface area contributed by atoms with E-state index in [1.54, 1.807) is 19.1 Å². The standard InChI is InChI=1S/C15H19N3O3/c1-10-7-8-13(20-10)15(19)18-9-5-3-4-6-12(18)14-16-11(2)21-17-14/h7-8,12H,3-6,9H2,1-2H3. The lowest BCUT2D eigenvalue weighted by atomic mass is 10.1. The van der Waals surface area contributed by atoms with Crippen molar-refractivity contribution in [2.45, 2.75) is 45.6 Å². The molecule has 0 N–H and O–H groups in total. The molecule has 0 aliphatic carbocycles. The van der Waals surface area contributed by atoms with Gasteiger partial charge in [0.15, 0.2) is 11.6 Å². The summed E-state index contributed by atoms with van der Waals surface area (Å²) >= 11 is 0. The summed E-state index contributed by atoms with van der Waals surface area (Å²) < 4.78 is 10.5. The second-order valence-corrected chi connectivity index (χ2v) is 5.45. The maximum atomic E-state index is 12.7. The van der Waals surface area contributed by atoms with Crippen molar-refractivity contribution in [1.82, 2.24) is 15.0 Å². The van der Waals surface area contributed by atoms with Gasteiger partial charge in [-0.1, -0.05) is 18.0 Å². The van der Waals surface area contributed by atoms with Crippen molar-refractivity contribution in [1.29, 1.82) is 0 Å². The number of hydrogen-bond acceptors (Lipinski definition) is 5. The van der Waals surface area contributed by atoms with Gasteiger partial charge in [0.1, 0.15) is 5.76 Å². The zero-order chi connectivity index (χ0) is 14.8. The first-order valence-electron chi connectivity index (χ1n) is 7.33. The molecule has 0 bridgehead atoms. The average Bonchev–Trinajstić information content (AvgIpc) is 3.00. The molecular weight excluding hydrogens is 270 g/mol. The molecule has 0 aromatic carbocycles. The quantitative estimate of drug-likeness (QED) is 0.849. The van der Waals surface area contributed by atoms with E-state index in [9.17, 15) is 4.79 Å². The third-order valence-electron chi connectivity index (χ3n) is 3.81. The number of carbonyl (C=O) groups is 1. The third-order valence-corrected chi connectivity index (χ3v) is 3.81. The van der Waals surface area contributed by atoms with E-state index >= 15 is 0 Å². The van der Waals surface area contributed by atoms with Gasteiger partial charge in [0, 0.05) is 13.5 Å². The van der Waals surface area contributed by atoms with Crippen molar-refractivity contribution in [3.63, 3.8) is 0 Å². The summed E-state index contributed by atoms with van der Waals surface area (Å²) in [5, 5.41) is 4.00. The van der Waals surface area contributed by atoms with Gasteiger partial charge in [-0.05, 0) is 31.9 Å². The van der Waals surface area contributed by atoms with Crippen LogP contribution in [0.1, 0.15) is 59.8 Å². The minimum Gasteiger partial charge on any atom is -0.456 e. The molecule has 0 spiro atoms. The number of rotatable bonds is 2. The second-order valence-electron chi connectivity index (χ2n) is 5.45. The third kappa shape index (κ3) is 2.84. The molecule has 3 rings (SSSR count). The van der Waals surface area contributed by atoms with Gasteiger partial charge < -0.3 is 13.8 Å². The first-order valence-corrected chi connectivity index (χ1v) is 7.33. The molecule has 0 radical (unpaired) electrons. The van der Waals surface area contributed by atoms with Crippen LogP contribution < -0.4 is 0 Å². The summed E-state index contributed by atoms with van der Waals surface area (Å²) in [5.41, 5.74) is 0. The van der Waals surface area contributed by atoms with Gasteiger partial charge in [-0.3, -0.25) is 4.79 Å². The lowest BCUT2D eigenvalue weighted by Gasteiger charge is -2.26. The highest BCUT2D eigenvalue weighted by molar-refractivity contribution is 5.91. The van der Waals surface area contributed by atoms with E-state index < -0.39 is 0 Å². The minimum absolute atomic E-state index is 0.0996. The molecule has 1 aliphatic heterocycles. The summed E-state index contributed by atoms with van der Waals surface area (Å²) in [5.74, 6) is 2.12. The van der Waals surface area contributed by atoms with E-state index in [0.717, 1.165) is 31.4 Å². The number of aryl methyl sites for hydroxylation is 2. The molecular formula is C15H19N3O3. The molecule has 1 atom stereocenters. The van der Waals surface area contributed by atoms with Crippen LogP contribution >= 0.6 is 0 Å². The largest absolute Gasteiger partial charge is 0.456 e. The van der Waals surface area contributed by atoms with E-state index in [1.165, 1.54) is 0 Å². The lowest BCUT2D eigenvalue weighted by Crippen LogP contribution is -2.35. The molecule has 2 aromatic rings. The van der Waals surface area contributed by atoms with Crippen LogP contribution in [-0.4, -0.2) is 27.5 Å². The monoisotopic (exact) mass is 289 g/mol. The molecule has 1 amide bonds. The Labute approximate surface area is 123 Å². The van der Waals surface area contributed by atoms with Crippen LogP contribution in [0.4, 0.5) is 0 Å². The lowest BCUT2D eigenvalue weighted by molar-refractivity contribution is 0.0636. The van der Waals surface area contributed by atoms with Crippen molar-refractivity contribution in [2.75, 3.05) is 6.54 Å². The van der Waals surface area contributed by atoms with E-state index in [0.29, 0.717) is 24.0 Å². The highest BCUT2D eigenvalue weighted by atomic mass is 16.5. The number of furan rings is 1. The Kier molecular flexibility index (Phi) is 3.77. The fraction of sp³-hybridized carbons (Fsp3) is 0.533. The van der Waals surface area contributed by atoms with Gasteiger partial charge in [0.25, 0.3) is 5.91 Å². The fourth-order valence-electron chi connectivity index (χ4n) is 2.76. The molecule has 6 nitrogen and oxygen atoms in total. The molecule has 1 saturated heterocycles. The first kappa shape index (κ1) is 13.9. The summed E-state index contributed by atoms with van der Waals surface area (Å²) in [6.45, 7) is 4.28. The fourth-order valence-corrected chi connectivity index (χ4v) is 2.76. The topological polar surface area (TPSA) is 72.4 Å². The normalized spacial score (nSPS) is 19.5. The average molecular weight is 289 g/mol. The molecule has 112 valence electrons. The highest BCUT2D eigenvalue weighted by Gasteiger charge is 2.31. The van der Waals surface area contributed by atoms with Crippen LogP contribution in [0.15, 0.2) is 21.1 Å². The van der Waals surface area contributed by atoms with Crippen molar-refractivity contribution < 1.29 is 13.7 Å². The number of amides is 1. The zero-order valence-electron chi connectivity index (χ0n) is 12.3. The van der Waals surface area contributed by atoms with Crippen LogP contribution in [0.3, 0.4) is 0 Å². The molecule has 6 heteroatoms. The molecule has 1 fully saturated rings. The maximum absolute atomic E-state index is 12.7. The van der Waals surface area contributed by atoms with E-state index in [4.69, 9.17) is 8.94 Å². The number of aromatic nitrogens is 2. The summed E-state index contributed by atoms with van der Waals surface area (Å²) in [7, 11) is 0. The van der Waals surface area contributed by atoms with Crippen LogP contribution in [0.5, 0.6) is 0 Å². The number of nitrogens with zero attached hydrogens (tertiary/aromatic N) is 3. The van der Waals surface area contributed by atoms with Crippen LogP contribution in [0.2, 0.25) is 0 Å². The molecule has 21 heavy (non-hydrogen) atoms. The smallest absolute Gasteiger partial charge is 0.290 e. The second kappa shape index (κ2) is 5.71. The number of carbonyl (C=O) groups excluding carboxylic acids is 1. The molecule has 1 unspecified atom stereocenters. The van der Waals surface area contributed by atoms with Crippen LogP contribution in [-0.2, 0) is 0 Å². The Morgan fingerprint density at radius 3 is 2.81 bits per heavy atom. The Morgan fingerprint density at radius 2 is 2.14 bits per heavy atom. The van der Waals surface area contributed by atoms with Gasteiger partial charge >= 0.3 is 0 Å². The Morgan fingerprint density at radius 1 is 1.29 bits per heavy atom. The van der Waals surface area contributed by atoms with Gasteiger partial charge in [0.05, 0.1) is 6.04 Å². The van der Waals surface area contributed by atoms with Crippen molar-refractivity contribution in [3.05, 3.63) is 35.4 Å². The molecule has 1 aliphatic rings. The Balaban J connectivity index is 1.90. The Hall–Kier alpha value is -2.11. The predicted molar refractivity (Wildman–Crippen MR) is 74.7 cm³/mol. The molecule has 2 aromatic heterocycles. The number of hydrogen-bond donors (Lipinski definition) is 0. The SMILES string of the molecule is Cc1ccc(C(=O)N2CCCCCC2c2noc(C)n2)o1. The van der Waals surface area contributed by atoms with Crippen molar-refractivity contribution in [3.8, 4) is 0 Å². The summed E-state index contributed by atoms with van der Waals surface area (Å²) in [6.07, 6.45) is 4.00. The zero-order valence-corrected chi connectivity index (χ0v) is 12.3. The van der Waals surface area contributed by atoms with E-state index in [1.807, 2.05) is 11.8 Å². The molecule has 0 saturated carbocycles. The van der Waals surface area contributed by atoms with Crippen LogP contribution in [0.25, 0.3) is 0 Å². The van der Waals surface area contributed by atoms with Gasteiger partial charge in [0.2, 0.25) is 5.89 Å². The van der Waals surface area contributed by atoms with Gasteiger partial charge in [-0.25, -0.2) is 0 Å². The summed E-state index contributed by atoms with van der Waals surface area (Å²) in [4.78, 5) is 18.8. The minimum atomic E-state index is -0.136. The molecule has 3 heterocycles. The van der Waals surface area contributed by atoms with Gasteiger partial charge in [-0.2, -0.15) is 4.98 Å². The Bertz CT molecular complexity index is 632. The highest BCUT2D eigenvalue weighted by Crippen LogP contribution is 2.30. The van der Waals surface area contributed by atoms with E-state index in [-0.39, 0.29) is 11.9 Å². The number of likely N-dealkylation sites (tertiary alicyclic amines) is 1. The van der Waals surface area contributed by atoms with E-state index in [2.05, 4.69) is 10.1 Å². The van der Waals surface area contributed by atoms with Crippen LogP contribution in [0, 0.1) is 13.8 Å². The predicted octanol–water partition coefficient (Wildman–Crippen LogP) is 3.04. The first-order chi connectivity index (χ1) is 10.1.